The van der Waals surface area contributed by atoms with Crippen molar-refractivity contribution in [2.24, 2.45) is 0 Å². The largest absolute Gasteiger partial charge is 0.480 e. The fraction of sp³-hybridized carbons (Fsp3) is 0.417. The molecule has 1 saturated heterocycles. The molecule has 1 heterocycles. The molecule has 0 saturated carbocycles. The molecule has 1 aliphatic heterocycles. The van der Waals surface area contributed by atoms with Crippen molar-refractivity contribution in [2.45, 2.75) is 25.0 Å². The molecule has 2 atom stereocenters. The van der Waals surface area contributed by atoms with Crippen LogP contribution >= 0.6 is 0 Å². The number of nitro groups is 1. The average Bonchev–Trinajstić information content (AvgIpc) is 2.38. The van der Waals surface area contributed by atoms with Crippen LogP contribution in [-0.2, 0) is 4.79 Å². The Kier molecular flexibility index (Phi) is 3.66. The maximum Gasteiger partial charge on any atom is 0.326 e. The van der Waals surface area contributed by atoms with E-state index < -0.39 is 23.0 Å². The summed E-state index contributed by atoms with van der Waals surface area (Å²) in [6.07, 6.45) is -0.211. The van der Waals surface area contributed by atoms with Crippen LogP contribution in [0.15, 0.2) is 24.3 Å². The van der Waals surface area contributed by atoms with Gasteiger partial charge in [-0.05, 0) is 12.5 Å². The molecule has 7 heteroatoms. The smallest absolute Gasteiger partial charge is 0.326 e. The monoisotopic (exact) mass is 266 g/mol. The van der Waals surface area contributed by atoms with E-state index >= 15 is 0 Å². The first kappa shape index (κ1) is 13.3. The number of aliphatic hydroxyl groups is 1. The van der Waals surface area contributed by atoms with Crippen LogP contribution in [0.2, 0.25) is 0 Å². The van der Waals surface area contributed by atoms with E-state index in [1.807, 2.05) is 0 Å². The predicted molar refractivity (Wildman–Crippen MR) is 67.1 cm³/mol. The van der Waals surface area contributed by atoms with Crippen molar-refractivity contribution >= 4 is 17.3 Å². The second-order valence-corrected chi connectivity index (χ2v) is 4.47. The molecule has 0 amide bonds. The Hall–Kier alpha value is -2.15. The van der Waals surface area contributed by atoms with Crippen LogP contribution in [0.4, 0.5) is 11.4 Å². The summed E-state index contributed by atoms with van der Waals surface area (Å²) >= 11 is 0. The molecular formula is C12H14N2O5. The normalized spacial score (nSPS) is 23.1. The molecule has 0 bridgehead atoms. The number of hydrogen-bond acceptors (Lipinski definition) is 5. The van der Waals surface area contributed by atoms with Crippen molar-refractivity contribution in [3.8, 4) is 0 Å². The highest BCUT2D eigenvalue weighted by Crippen LogP contribution is 2.32. The number of nitro benzene ring substituents is 1. The van der Waals surface area contributed by atoms with Crippen molar-refractivity contribution in [2.75, 3.05) is 11.4 Å². The third-order valence-electron chi connectivity index (χ3n) is 3.25. The molecule has 2 rings (SSSR count). The van der Waals surface area contributed by atoms with Gasteiger partial charge < -0.3 is 15.1 Å². The molecule has 1 aliphatic rings. The van der Waals surface area contributed by atoms with Gasteiger partial charge in [-0.2, -0.15) is 0 Å². The van der Waals surface area contributed by atoms with Gasteiger partial charge in [0.15, 0.2) is 0 Å². The Morgan fingerprint density at radius 1 is 1.42 bits per heavy atom. The molecule has 0 radical (unpaired) electrons. The number of carboxylic acids is 1. The molecular weight excluding hydrogens is 252 g/mol. The lowest BCUT2D eigenvalue weighted by molar-refractivity contribution is -0.384. The topological polar surface area (TPSA) is 104 Å². The van der Waals surface area contributed by atoms with E-state index in [4.69, 9.17) is 0 Å². The molecule has 19 heavy (non-hydrogen) atoms. The number of anilines is 1. The van der Waals surface area contributed by atoms with E-state index in [9.17, 15) is 25.1 Å². The summed E-state index contributed by atoms with van der Waals surface area (Å²) in [5.41, 5.74) is 0.164. The van der Waals surface area contributed by atoms with Crippen LogP contribution in [0.5, 0.6) is 0 Å². The number of carbonyl (C=O) groups is 1. The number of rotatable bonds is 3. The molecule has 0 aromatic heterocycles. The second-order valence-electron chi connectivity index (χ2n) is 4.47. The zero-order chi connectivity index (χ0) is 14.0. The molecule has 2 unspecified atom stereocenters. The van der Waals surface area contributed by atoms with E-state index in [1.54, 1.807) is 6.07 Å². The number of aliphatic carboxylic acids is 1. The maximum atomic E-state index is 11.2. The molecule has 102 valence electrons. The van der Waals surface area contributed by atoms with Gasteiger partial charge >= 0.3 is 5.97 Å². The number of piperidine rings is 1. The first-order valence-electron chi connectivity index (χ1n) is 5.91. The SMILES string of the molecule is O=C(O)C1CC(O)CCN1c1ccccc1[N+](=O)[O-]. The summed E-state index contributed by atoms with van der Waals surface area (Å²) in [4.78, 5) is 23.2. The number of para-hydroxylation sites is 2. The Balaban J connectivity index is 2.39. The minimum absolute atomic E-state index is 0.0708. The summed E-state index contributed by atoms with van der Waals surface area (Å²) in [5.74, 6) is -1.09. The fourth-order valence-electron chi connectivity index (χ4n) is 2.33. The van der Waals surface area contributed by atoms with E-state index in [0.717, 1.165) is 0 Å². The van der Waals surface area contributed by atoms with Crippen LogP contribution < -0.4 is 4.90 Å². The van der Waals surface area contributed by atoms with E-state index in [2.05, 4.69) is 0 Å². The van der Waals surface area contributed by atoms with Gasteiger partial charge in [-0.15, -0.1) is 0 Å². The standard InChI is InChI=1S/C12H14N2O5/c15-8-5-6-13(11(7-8)12(16)17)9-3-1-2-4-10(9)14(18)19/h1-4,8,11,15H,5-7H2,(H,16,17). The Morgan fingerprint density at radius 3 is 2.74 bits per heavy atom. The fourth-order valence-corrected chi connectivity index (χ4v) is 2.33. The first-order chi connectivity index (χ1) is 9.00. The summed E-state index contributed by atoms with van der Waals surface area (Å²) in [6.45, 7) is 0.281. The van der Waals surface area contributed by atoms with Crippen molar-refractivity contribution in [1.29, 1.82) is 0 Å². The van der Waals surface area contributed by atoms with Gasteiger partial charge in [-0.25, -0.2) is 4.79 Å². The van der Waals surface area contributed by atoms with Crippen molar-refractivity contribution in [1.82, 2.24) is 0 Å². The van der Waals surface area contributed by atoms with E-state index in [-0.39, 0.29) is 24.3 Å². The Bertz CT molecular complexity index is 505. The van der Waals surface area contributed by atoms with Crippen molar-refractivity contribution in [3.05, 3.63) is 34.4 Å². The van der Waals surface area contributed by atoms with Gasteiger partial charge in [0.25, 0.3) is 5.69 Å². The highest BCUT2D eigenvalue weighted by atomic mass is 16.6. The maximum absolute atomic E-state index is 11.2. The van der Waals surface area contributed by atoms with Crippen LogP contribution in [-0.4, -0.2) is 39.8 Å². The third-order valence-corrected chi connectivity index (χ3v) is 3.25. The zero-order valence-corrected chi connectivity index (χ0v) is 10.1. The molecule has 2 N–H and O–H groups in total. The van der Waals surface area contributed by atoms with Crippen LogP contribution in [0.1, 0.15) is 12.8 Å². The highest BCUT2D eigenvalue weighted by molar-refractivity contribution is 5.80. The van der Waals surface area contributed by atoms with Gasteiger partial charge in [0.1, 0.15) is 11.7 Å². The Labute approximate surface area is 109 Å². The predicted octanol–water partition coefficient (Wildman–Crippen LogP) is 1.01. The van der Waals surface area contributed by atoms with Gasteiger partial charge in [0.05, 0.1) is 11.0 Å². The lowest BCUT2D eigenvalue weighted by Crippen LogP contribution is -2.49. The second kappa shape index (κ2) is 5.23. The summed E-state index contributed by atoms with van der Waals surface area (Å²) in [7, 11) is 0. The first-order valence-corrected chi connectivity index (χ1v) is 5.91. The molecule has 7 nitrogen and oxygen atoms in total. The van der Waals surface area contributed by atoms with Crippen molar-refractivity contribution < 1.29 is 19.9 Å². The van der Waals surface area contributed by atoms with Crippen LogP contribution in [0.3, 0.4) is 0 Å². The summed E-state index contributed by atoms with van der Waals surface area (Å²) < 4.78 is 0. The van der Waals surface area contributed by atoms with E-state index in [0.29, 0.717) is 6.42 Å². The minimum Gasteiger partial charge on any atom is -0.480 e. The summed E-state index contributed by atoms with van der Waals surface area (Å²) in [5, 5.41) is 29.7. The third kappa shape index (κ3) is 2.65. The zero-order valence-electron chi connectivity index (χ0n) is 10.1. The molecule has 1 aromatic carbocycles. The lowest BCUT2D eigenvalue weighted by Gasteiger charge is -2.36. The molecule has 1 aromatic rings. The minimum atomic E-state index is -1.09. The quantitative estimate of drug-likeness (QED) is 0.625. The number of carboxylic acid groups (broad SMARTS) is 1. The number of aliphatic hydroxyl groups excluding tert-OH is 1. The van der Waals surface area contributed by atoms with Gasteiger partial charge in [-0.1, -0.05) is 12.1 Å². The lowest BCUT2D eigenvalue weighted by atomic mass is 9.98. The molecule has 0 aliphatic carbocycles. The van der Waals surface area contributed by atoms with Gasteiger partial charge in [0, 0.05) is 19.0 Å². The van der Waals surface area contributed by atoms with Gasteiger partial charge in [-0.3, -0.25) is 10.1 Å². The van der Waals surface area contributed by atoms with Crippen LogP contribution in [0, 0.1) is 10.1 Å². The average molecular weight is 266 g/mol. The van der Waals surface area contributed by atoms with Crippen LogP contribution in [0.25, 0.3) is 0 Å². The number of hydrogen-bond donors (Lipinski definition) is 2. The molecule has 0 spiro atoms. The number of benzene rings is 1. The molecule has 1 fully saturated rings. The van der Waals surface area contributed by atoms with Gasteiger partial charge in [0.2, 0.25) is 0 Å². The Morgan fingerprint density at radius 2 is 2.11 bits per heavy atom. The van der Waals surface area contributed by atoms with E-state index in [1.165, 1.54) is 23.1 Å². The number of nitrogens with zero attached hydrogens (tertiary/aromatic N) is 2. The highest BCUT2D eigenvalue weighted by Gasteiger charge is 2.35. The summed E-state index contributed by atoms with van der Waals surface area (Å²) in [6, 6.07) is 5.11. The van der Waals surface area contributed by atoms with Crippen molar-refractivity contribution in [3.63, 3.8) is 0 Å².